The van der Waals surface area contributed by atoms with Crippen LogP contribution in [0.1, 0.15) is 25.2 Å². The number of rotatable bonds is 6. The van der Waals surface area contributed by atoms with Crippen LogP contribution in [0.2, 0.25) is 0 Å². The van der Waals surface area contributed by atoms with Crippen LogP contribution in [0.3, 0.4) is 0 Å². The predicted octanol–water partition coefficient (Wildman–Crippen LogP) is 1.91. The van der Waals surface area contributed by atoms with Crippen LogP contribution >= 0.6 is 0 Å². The van der Waals surface area contributed by atoms with Crippen molar-refractivity contribution in [1.29, 1.82) is 0 Å². The van der Waals surface area contributed by atoms with Crippen LogP contribution in [0, 0.1) is 0 Å². The summed E-state index contributed by atoms with van der Waals surface area (Å²) < 4.78 is 2.06. The van der Waals surface area contributed by atoms with E-state index < -0.39 is 0 Å². The van der Waals surface area contributed by atoms with Crippen LogP contribution in [-0.2, 0) is 7.05 Å². The molecule has 2 amide bonds. The smallest absolute Gasteiger partial charge is 0.318 e. The Morgan fingerprint density at radius 2 is 1.93 bits per heavy atom. The second-order valence-corrected chi connectivity index (χ2v) is 7.67. The third kappa shape index (κ3) is 4.78. The van der Waals surface area contributed by atoms with Gasteiger partial charge in [-0.2, -0.15) is 0 Å². The van der Waals surface area contributed by atoms with Crippen molar-refractivity contribution in [2.24, 2.45) is 7.05 Å². The maximum atomic E-state index is 12.7. The van der Waals surface area contributed by atoms with Crippen LogP contribution in [0.25, 0.3) is 11.0 Å². The first-order chi connectivity index (χ1) is 13.0. The minimum atomic E-state index is -0.131. The molecule has 3 rings (SSSR count). The van der Waals surface area contributed by atoms with Crippen LogP contribution in [0.4, 0.5) is 4.79 Å². The molecule has 2 heterocycles. The van der Waals surface area contributed by atoms with E-state index in [1.165, 1.54) is 6.42 Å². The first kappa shape index (κ1) is 19.6. The average Bonchev–Trinajstić information content (AvgIpc) is 2.99. The van der Waals surface area contributed by atoms with Gasteiger partial charge in [0.25, 0.3) is 0 Å². The van der Waals surface area contributed by atoms with Gasteiger partial charge in [0.2, 0.25) is 0 Å². The number of aromatic nitrogens is 2. The molecule has 0 aliphatic carbocycles. The van der Waals surface area contributed by atoms with Crippen LogP contribution in [0.15, 0.2) is 24.3 Å². The summed E-state index contributed by atoms with van der Waals surface area (Å²) in [7, 11) is 6.21. The second kappa shape index (κ2) is 8.71. The normalized spacial score (nSPS) is 16.9. The van der Waals surface area contributed by atoms with E-state index in [0.717, 1.165) is 56.1 Å². The molecule has 1 saturated heterocycles. The molecule has 7 nitrogen and oxygen atoms in total. The van der Waals surface area contributed by atoms with Crippen LogP contribution < -0.4 is 5.32 Å². The van der Waals surface area contributed by atoms with Gasteiger partial charge in [-0.1, -0.05) is 12.1 Å². The standard InChI is InChI=1S/C20H32N6O/c1-16(19-22-17-8-5-6-9-18(17)24(19)4)21-20(27)26-14-12-25(13-15-26)11-7-10-23(2)3/h5-6,8-9,16H,7,10-15H2,1-4H3,(H,21,27)/t16-/m0/s1. The fourth-order valence-corrected chi connectivity index (χ4v) is 3.68. The zero-order valence-corrected chi connectivity index (χ0v) is 17.0. The van der Waals surface area contributed by atoms with E-state index in [0.29, 0.717) is 0 Å². The first-order valence-corrected chi connectivity index (χ1v) is 9.79. The number of hydrogen-bond acceptors (Lipinski definition) is 4. The molecule has 0 radical (unpaired) electrons. The number of carbonyl (C=O) groups is 1. The van der Waals surface area contributed by atoms with Gasteiger partial charge < -0.3 is 19.7 Å². The highest BCUT2D eigenvalue weighted by Crippen LogP contribution is 2.19. The zero-order chi connectivity index (χ0) is 19.4. The van der Waals surface area contributed by atoms with Crippen LogP contribution in [-0.4, -0.2) is 83.6 Å². The van der Waals surface area contributed by atoms with Crippen molar-refractivity contribution in [3.8, 4) is 0 Å². The Morgan fingerprint density at radius 3 is 2.59 bits per heavy atom. The number of hydrogen-bond donors (Lipinski definition) is 1. The van der Waals surface area contributed by atoms with Crippen molar-refractivity contribution in [1.82, 2.24) is 29.6 Å². The number of fused-ring (bicyclic) bond motifs is 1. The maximum absolute atomic E-state index is 12.7. The zero-order valence-electron chi connectivity index (χ0n) is 17.0. The summed E-state index contributed by atoms with van der Waals surface area (Å²) in [5.41, 5.74) is 2.04. The van der Waals surface area contributed by atoms with Crippen molar-refractivity contribution in [3.05, 3.63) is 30.1 Å². The molecule has 0 saturated carbocycles. The highest BCUT2D eigenvalue weighted by atomic mass is 16.2. The third-order valence-electron chi connectivity index (χ3n) is 5.29. The van der Waals surface area contributed by atoms with Gasteiger partial charge in [-0.15, -0.1) is 0 Å². The van der Waals surface area contributed by atoms with Gasteiger partial charge in [-0.25, -0.2) is 9.78 Å². The quantitative estimate of drug-likeness (QED) is 0.842. The Labute approximate surface area is 161 Å². The predicted molar refractivity (Wildman–Crippen MR) is 109 cm³/mol. The summed E-state index contributed by atoms with van der Waals surface area (Å²) in [5.74, 6) is 0.881. The number of aryl methyl sites for hydroxylation is 1. The molecule has 1 aromatic heterocycles. The molecule has 0 spiro atoms. The number of benzene rings is 1. The van der Waals surface area contributed by atoms with Gasteiger partial charge >= 0.3 is 6.03 Å². The number of nitrogens with one attached hydrogen (secondary N) is 1. The van der Waals surface area contributed by atoms with Gasteiger partial charge in [0, 0.05) is 33.2 Å². The molecule has 1 aromatic carbocycles. The van der Waals surface area contributed by atoms with Gasteiger partial charge in [0.1, 0.15) is 5.82 Å². The summed E-state index contributed by atoms with van der Waals surface area (Å²) in [6, 6.07) is 7.92. The first-order valence-electron chi connectivity index (χ1n) is 9.79. The highest BCUT2D eigenvalue weighted by molar-refractivity contribution is 5.77. The van der Waals surface area contributed by atoms with Crippen molar-refractivity contribution >= 4 is 17.1 Å². The molecule has 1 N–H and O–H groups in total. The lowest BCUT2D eigenvalue weighted by atomic mass is 10.3. The minimum Gasteiger partial charge on any atom is -0.329 e. The molecule has 1 fully saturated rings. The maximum Gasteiger partial charge on any atom is 0.318 e. The number of para-hydroxylation sites is 2. The van der Waals surface area contributed by atoms with E-state index >= 15 is 0 Å². The van der Waals surface area contributed by atoms with Crippen molar-refractivity contribution in [2.45, 2.75) is 19.4 Å². The molecular weight excluding hydrogens is 340 g/mol. The fourth-order valence-electron chi connectivity index (χ4n) is 3.68. The lowest BCUT2D eigenvalue weighted by Gasteiger charge is -2.35. The van der Waals surface area contributed by atoms with E-state index in [2.05, 4.69) is 44.8 Å². The highest BCUT2D eigenvalue weighted by Gasteiger charge is 2.23. The molecule has 1 aliphatic heterocycles. The Morgan fingerprint density at radius 1 is 1.22 bits per heavy atom. The van der Waals surface area contributed by atoms with Crippen molar-refractivity contribution < 1.29 is 4.79 Å². The molecule has 27 heavy (non-hydrogen) atoms. The number of nitrogens with zero attached hydrogens (tertiary/aromatic N) is 5. The topological polar surface area (TPSA) is 56.6 Å². The summed E-state index contributed by atoms with van der Waals surface area (Å²) in [6.45, 7) is 7.66. The number of imidazole rings is 1. The van der Waals surface area contributed by atoms with Crippen molar-refractivity contribution in [3.63, 3.8) is 0 Å². The van der Waals surface area contributed by atoms with E-state index in [1.54, 1.807) is 0 Å². The fraction of sp³-hybridized carbons (Fsp3) is 0.600. The van der Waals surface area contributed by atoms with E-state index in [-0.39, 0.29) is 12.1 Å². The van der Waals surface area contributed by atoms with E-state index in [4.69, 9.17) is 0 Å². The lowest BCUT2D eigenvalue weighted by Crippen LogP contribution is -2.52. The molecule has 1 aliphatic rings. The number of urea groups is 1. The molecule has 148 valence electrons. The summed E-state index contributed by atoms with van der Waals surface area (Å²) >= 11 is 0. The largest absolute Gasteiger partial charge is 0.329 e. The van der Waals surface area contributed by atoms with E-state index in [9.17, 15) is 4.79 Å². The van der Waals surface area contributed by atoms with Crippen LogP contribution in [0.5, 0.6) is 0 Å². The number of carbonyl (C=O) groups excluding carboxylic acids is 1. The molecule has 0 unspecified atom stereocenters. The molecule has 2 aromatic rings. The SMILES string of the molecule is C[C@H](NC(=O)N1CCN(CCCN(C)C)CC1)c1nc2ccccc2n1C. The minimum absolute atomic E-state index is 0.00231. The van der Waals surface area contributed by atoms with E-state index in [1.807, 2.05) is 37.1 Å². The molecular formula is C20H32N6O. The van der Waals surface area contributed by atoms with Crippen molar-refractivity contribution in [2.75, 3.05) is 53.4 Å². The molecule has 0 bridgehead atoms. The summed E-state index contributed by atoms with van der Waals surface area (Å²) in [6.07, 6.45) is 1.17. The summed E-state index contributed by atoms with van der Waals surface area (Å²) in [4.78, 5) is 23.9. The Bertz CT molecular complexity index is 763. The number of amides is 2. The monoisotopic (exact) mass is 372 g/mol. The molecule has 1 atom stereocenters. The lowest BCUT2D eigenvalue weighted by molar-refractivity contribution is 0.134. The number of piperazine rings is 1. The second-order valence-electron chi connectivity index (χ2n) is 7.67. The Balaban J connectivity index is 1.51. The van der Waals surface area contributed by atoms with Gasteiger partial charge in [-0.05, 0) is 52.7 Å². The van der Waals surface area contributed by atoms with Gasteiger partial charge in [0.05, 0.1) is 17.1 Å². The molecule has 7 heteroatoms. The Kier molecular flexibility index (Phi) is 6.34. The van der Waals surface area contributed by atoms with Gasteiger partial charge in [0.15, 0.2) is 0 Å². The third-order valence-corrected chi connectivity index (χ3v) is 5.29. The average molecular weight is 373 g/mol. The Hall–Kier alpha value is -2.12. The van der Waals surface area contributed by atoms with Gasteiger partial charge in [-0.3, -0.25) is 4.90 Å². The summed E-state index contributed by atoms with van der Waals surface area (Å²) in [5, 5.41) is 3.12.